The van der Waals surface area contributed by atoms with E-state index >= 15 is 0 Å². The summed E-state index contributed by atoms with van der Waals surface area (Å²) >= 11 is 0. The van der Waals surface area contributed by atoms with Crippen LogP contribution in [0.25, 0.3) is 0 Å². The Kier molecular flexibility index (Phi) is 3.14. The lowest BCUT2D eigenvalue weighted by molar-refractivity contribution is 0.130. The number of pyridine rings is 1. The van der Waals surface area contributed by atoms with Gasteiger partial charge in [0, 0.05) is 5.69 Å². The zero-order valence-corrected chi connectivity index (χ0v) is 9.66. The fraction of sp³-hybridized carbons (Fsp3) is 0.583. The van der Waals surface area contributed by atoms with E-state index < -0.39 is 0 Å². The second-order valence-corrected chi connectivity index (χ2v) is 4.79. The summed E-state index contributed by atoms with van der Waals surface area (Å²) in [7, 11) is 0. The van der Waals surface area contributed by atoms with Crippen molar-refractivity contribution < 1.29 is 4.74 Å². The predicted molar refractivity (Wildman–Crippen MR) is 58.7 cm³/mol. The molecule has 1 rings (SSSR count). The minimum atomic E-state index is -0.152. The first-order chi connectivity index (χ1) is 6.38. The Hall–Kier alpha value is -1.05. The fourth-order valence-electron chi connectivity index (χ4n) is 1.15. The standard InChI is InChI=1S/C12H19NO/c1-9(2)11-7-6-10(8-13-11)14-12(3,4)5/h6-9H,1-5H3. The molecule has 0 fully saturated rings. The molecule has 0 N–H and O–H groups in total. The molecule has 2 nitrogen and oxygen atoms in total. The topological polar surface area (TPSA) is 22.1 Å². The molecule has 0 saturated heterocycles. The third-order valence-corrected chi connectivity index (χ3v) is 1.77. The fourth-order valence-corrected chi connectivity index (χ4v) is 1.15. The van der Waals surface area contributed by atoms with Crippen LogP contribution < -0.4 is 4.74 Å². The largest absolute Gasteiger partial charge is 0.487 e. The lowest BCUT2D eigenvalue weighted by Crippen LogP contribution is -2.23. The molecule has 1 aromatic heterocycles. The van der Waals surface area contributed by atoms with Gasteiger partial charge in [0.25, 0.3) is 0 Å². The highest BCUT2D eigenvalue weighted by molar-refractivity contribution is 5.21. The molecule has 0 unspecified atom stereocenters. The Labute approximate surface area is 86.3 Å². The van der Waals surface area contributed by atoms with E-state index in [0.717, 1.165) is 11.4 Å². The van der Waals surface area contributed by atoms with Crippen molar-refractivity contribution in [3.63, 3.8) is 0 Å². The summed E-state index contributed by atoms with van der Waals surface area (Å²) in [6.07, 6.45) is 1.79. The van der Waals surface area contributed by atoms with Gasteiger partial charge < -0.3 is 4.74 Å². The van der Waals surface area contributed by atoms with E-state index in [4.69, 9.17) is 4.74 Å². The monoisotopic (exact) mass is 193 g/mol. The molecule has 1 aromatic rings. The normalized spacial score (nSPS) is 11.9. The van der Waals surface area contributed by atoms with Gasteiger partial charge in [0.15, 0.2) is 0 Å². The first-order valence-electron chi connectivity index (χ1n) is 5.03. The molecule has 0 radical (unpaired) electrons. The van der Waals surface area contributed by atoms with Crippen molar-refractivity contribution in [2.75, 3.05) is 0 Å². The summed E-state index contributed by atoms with van der Waals surface area (Å²) in [5.74, 6) is 1.31. The number of hydrogen-bond acceptors (Lipinski definition) is 2. The first kappa shape index (κ1) is 11.0. The van der Waals surface area contributed by atoms with E-state index in [9.17, 15) is 0 Å². The van der Waals surface area contributed by atoms with Crippen LogP contribution >= 0.6 is 0 Å². The van der Waals surface area contributed by atoms with Crippen LogP contribution in [0.15, 0.2) is 18.3 Å². The van der Waals surface area contributed by atoms with Crippen LogP contribution in [-0.2, 0) is 0 Å². The minimum absolute atomic E-state index is 0.152. The molecule has 0 aliphatic carbocycles. The van der Waals surface area contributed by atoms with Crippen molar-refractivity contribution in [1.82, 2.24) is 4.98 Å². The quantitative estimate of drug-likeness (QED) is 0.718. The molecule has 0 aromatic carbocycles. The minimum Gasteiger partial charge on any atom is -0.487 e. The second-order valence-electron chi connectivity index (χ2n) is 4.79. The Balaban J connectivity index is 2.74. The van der Waals surface area contributed by atoms with Gasteiger partial charge in [-0.1, -0.05) is 13.8 Å². The van der Waals surface area contributed by atoms with Gasteiger partial charge in [-0.25, -0.2) is 0 Å². The molecule has 1 heterocycles. The predicted octanol–water partition coefficient (Wildman–Crippen LogP) is 3.38. The van der Waals surface area contributed by atoms with Crippen LogP contribution in [0.1, 0.15) is 46.2 Å². The van der Waals surface area contributed by atoms with Crippen LogP contribution in [-0.4, -0.2) is 10.6 Å². The van der Waals surface area contributed by atoms with Gasteiger partial charge in [0.05, 0.1) is 6.20 Å². The average molecular weight is 193 g/mol. The molecular weight excluding hydrogens is 174 g/mol. The number of aromatic nitrogens is 1. The molecule has 0 aliphatic heterocycles. The van der Waals surface area contributed by atoms with Crippen molar-refractivity contribution >= 4 is 0 Å². The highest BCUT2D eigenvalue weighted by atomic mass is 16.5. The maximum atomic E-state index is 5.67. The number of ether oxygens (including phenoxy) is 1. The first-order valence-corrected chi connectivity index (χ1v) is 5.03. The van der Waals surface area contributed by atoms with Crippen molar-refractivity contribution in [3.05, 3.63) is 24.0 Å². The van der Waals surface area contributed by atoms with Gasteiger partial charge in [-0.2, -0.15) is 0 Å². The van der Waals surface area contributed by atoms with Gasteiger partial charge in [-0.15, -0.1) is 0 Å². The van der Waals surface area contributed by atoms with E-state index in [1.54, 1.807) is 6.20 Å². The van der Waals surface area contributed by atoms with Crippen molar-refractivity contribution in [1.29, 1.82) is 0 Å². The Morgan fingerprint density at radius 3 is 2.21 bits per heavy atom. The maximum absolute atomic E-state index is 5.67. The van der Waals surface area contributed by atoms with Crippen LogP contribution in [0.3, 0.4) is 0 Å². The van der Waals surface area contributed by atoms with Crippen molar-refractivity contribution in [2.24, 2.45) is 0 Å². The van der Waals surface area contributed by atoms with Crippen LogP contribution in [0.2, 0.25) is 0 Å². The summed E-state index contributed by atoms with van der Waals surface area (Å²) in [5, 5.41) is 0. The summed E-state index contributed by atoms with van der Waals surface area (Å²) in [6.45, 7) is 10.4. The van der Waals surface area contributed by atoms with Gasteiger partial charge in [-0.3, -0.25) is 4.98 Å². The summed E-state index contributed by atoms with van der Waals surface area (Å²) < 4.78 is 5.67. The summed E-state index contributed by atoms with van der Waals surface area (Å²) in [5.41, 5.74) is 0.951. The number of rotatable bonds is 2. The van der Waals surface area contributed by atoms with E-state index in [1.165, 1.54) is 0 Å². The van der Waals surface area contributed by atoms with Gasteiger partial charge in [-0.05, 0) is 38.8 Å². The van der Waals surface area contributed by atoms with Crippen molar-refractivity contribution in [3.8, 4) is 5.75 Å². The average Bonchev–Trinajstić information content (AvgIpc) is 2.02. The molecule has 0 aliphatic rings. The summed E-state index contributed by atoms with van der Waals surface area (Å²) in [4.78, 5) is 4.34. The molecule has 0 saturated carbocycles. The Morgan fingerprint density at radius 1 is 1.21 bits per heavy atom. The zero-order valence-electron chi connectivity index (χ0n) is 9.66. The lowest BCUT2D eigenvalue weighted by atomic mass is 10.1. The van der Waals surface area contributed by atoms with E-state index in [2.05, 4.69) is 18.8 Å². The highest BCUT2D eigenvalue weighted by Crippen LogP contribution is 2.19. The second kappa shape index (κ2) is 3.99. The molecule has 0 amide bonds. The molecule has 0 spiro atoms. The molecule has 2 heteroatoms. The zero-order chi connectivity index (χ0) is 10.8. The van der Waals surface area contributed by atoms with Gasteiger partial charge >= 0.3 is 0 Å². The Bertz CT molecular complexity index is 282. The van der Waals surface area contributed by atoms with Crippen molar-refractivity contribution in [2.45, 2.75) is 46.1 Å². The smallest absolute Gasteiger partial charge is 0.138 e. The van der Waals surface area contributed by atoms with Gasteiger partial charge in [0.1, 0.15) is 11.4 Å². The third kappa shape index (κ3) is 3.36. The number of hydrogen-bond donors (Lipinski definition) is 0. The lowest BCUT2D eigenvalue weighted by Gasteiger charge is -2.21. The van der Waals surface area contributed by atoms with E-state index in [1.807, 2.05) is 32.9 Å². The molecule has 14 heavy (non-hydrogen) atoms. The summed E-state index contributed by atoms with van der Waals surface area (Å²) in [6, 6.07) is 4.00. The highest BCUT2D eigenvalue weighted by Gasteiger charge is 2.11. The number of nitrogens with zero attached hydrogens (tertiary/aromatic N) is 1. The van der Waals surface area contributed by atoms with Crippen LogP contribution in [0.4, 0.5) is 0 Å². The molecule has 78 valence electrons. The molecular formula is C12H19NO. The Morgan fingerprint density at radius 2 is 1.86 bits per heavy atom. The molecule has 0 atom stereocenters. The van der Waals surface area contributed by atoms with Crippen LogP contribution in [0.5, 0.6) is 5.75 Å². The maximum Gasteiger partial charge on any atom is 0.138 e. The van der Waals surface area contributed by atoms with E-state index in [-0.39, 0.29) is 5.60 Å². The van der Waals surface area contributed by atoms with E-state index in [0.29, 0.717) is 5.92 Å². The molecule has 0 bridgehead atoms. The van der Waals surface area contributed by atoms with Crippen LogP contribution in [0, 0.1) is 0 Å². The third-order valence-electron chi connectivity index (χ3n) is 1.77. The van der Waals surface area contributed by atoms with Gasteiger partial charge in [0.2, 0.25) is 0 Å². The SMILES string of the molecule is CC(C)c1ccc(OC(C)(C)C)cn1.